The molecule has 0 radical (unpaired) electrons. The second-order valence-electron chi connectivity index (χ2n) is 5.36. The molecule has 0 heterocycles. The summed E-state index contributed by atoms with van der Waals surface area (Å²) >= 11 is 0. The maximum Gasteiger partial charge on any atom is 0.401 e. The van der Waals surface area contributed by atoms with Crippen LogP contribution in [0.15, 0.2) is 24.3 Å². The number of benzene rings is 1. The van der Waals surface area contributed by atoms with Crippen molar-refractivity contribution < 1.29 is 17.6 Å². The van der Waals surface area contributed by atoms with Crippen molar-refractivity contribution in [3.05, 3.63) is 35.6 Å². The van der Waals surface area contributed by atoms with Crippen molar-refractivity contribution in [2.24, 2.45) is 0 Å². The summed E-state index contributed by atoms with van der Waals surface area (Å²) < 4.78 is 50.5. The molecule has 0 aromatic heterocycles. The summed E-state index contributed by atoms with van der Waals surface area (Å²) in [7, 11) is 1.75. The van der Waals surface area contributed by atoms with E-state index in [-0.39, 0.29) is 17.9 Å². The van der Waals surface area contributed by atoms with Crippen molar-refractivity contribution in [2.45, 2.75) is 38.5 Å². The van der Waals surface area contributed by atoms with E-state index in [9.17, 15) is 17.6 Å². The van der Waals surface area contributed by atoms with Crippen LogP contribution in [-0.2, 0) is 0 Å². The molecule has 1 aromatic carbocycles. The van der Waals surface area contributed by atoms with E-state index in [0.717, 1.165) is 5.56 Å². The molecule has 0 aliphatic heterocycles. The molecule has 0 amide bonds. The lowest BCUT2D eigenvalue weighted by atomic mass is 10.0. The molecule has 21 heavy (non-hydrogen) atoms. The fourth-order valence-electron chi connectivity index (χ4n) is 2.22. The summed E-state index contributed by atoms with van der Waals surface area (Å²) in [5.41, 5.74) is 0.870. The molecule has 0 saturated carbocycles. The average molecular weight is 306 g/mol. The number of rotatable bonds is 7. The predicted molar refractivity (Wildman–Crippen MR) is 75.6 cm³/mol. The highest BCUT2D eigenvalue weighted by atomic mass is 19.4. The van der Waals surface area contributed by atoms with E-state index in [1.54, 1.807) is 33.0 Å². The standard InChI is InChI=1S/C15H22F4N2/c1-11(2)21(10-15(17,18)19)9-8-14(20-3)12-4-6-13(16)7-5-12/h4-7,11,14,20H,8-10H2,1-3H3. The van der Waals surface area contributed by atoms with E-state index in [1.165, 1.54) is 17.0 Å². The van der Waals surface area contributed by atoms with Gasteiger partial charge in [0.25, 0.3) is 0 Å². The zero-order valence-corrected chi connectivity index (χ0v) is 12.5. The Labute approximate surface area is 123 Å². The smallest absolute Gasteiger partial charge is 0.313 e. The predicted octanol–water partition coefficient (Wildman–Crippen LogP) is 3.75. The van der Waals surface area contributed by atoms with Gasteiger partial charge in [-0.3, -0.25) is 4.90 Å². The van der Waals surface area contributed by atoms with Gasteiger partial charge in [0.15, 0.2) is 0 Å². The van der Waals surface area contributed by atoms with E-state index >= 15 is 0 Å². The lowest BCUT2D eigenvalue weighted by molar-refractivity contribution is -0.149. The number of hydrogen-bond acceptors (Lipinski definition) is 2. The lowest BCUT2D eigenvalue weighted by Gasteiger charge is -2.29. The van der Waals surface area contributed by atoms with Gasteiger partial charge in [-0.25, -0.2) is 4.39 Å². The normalized spacial score (nSPS) is 14.0. The van der Waals surface area contributed by atoms with Crippen LogP contribution in [0.4, 0.5) is 17.6 Å². The van der Waals surface area contributed by atoms with Gasteiger partial charge in [0.05, 0.1) is 6.54 Å². The van der Waals surface area contributed by atoms with Crippen molar-refractivity contribution in [1.29, 1.82) is 0 Å². The summed E-state index contributed by atoms with van der Waals surface area (Å²) in [6.45, 7) is 2.90. The lowest BCUT2D eigenvalue weighted by Crippen LogP contribution is -2.40. The van der Waals surface area contributed by atoms with Crippen molar-refractivity contribution in [3.63, 3.8) is 0 Å². The molecule has 6 heteroatoms. The fraction of sp³-hybridized carbons (Fsp3) is 0.600. The largest absolute Gasteiger partial charge is 0.401 e. The monoisotopic (exact) mass is 306 g/mol. The maximum atomic E-state index is 12.9. The molecule has 0 saturated heterocycles. The van der Waals surface area contributed by atoms with Crippen LogP contribution in [0.25, 0.3) is 0 Å². The zero-order valence-electron chi connectivity index (χ0n) is 12.5. The van der Waals surface area contributed by atoms with Crippen LogP contribution in [0.2, 0.25) is 0 Å². The Bertz CT molecular complexity index is 415. The fourth-order valence-corrected chi connectivity index (χ4v) is 2.22. The topological polar surface area (TPSA) is 15.3 Å². The van der Waals surface area contributed by atoms with Gasteiger partial charge in [-0.2, -0.15) is 13.2 Å². The van der Waals surface area contributed by atoms with E-state index < -0.39 is 12.7 Å². The molecule has 1 atom stereocenters. The van der Waals surface area contributed by atoms with Gasteiger partial charge in [-0.05, 0) is 45.0 Å². The summed E-state index contributed by atoms with van der Waals surface area (Å²) in [4.78, 5) is 1.40. The Kier molecular flexibility index (Phi) is 6.61. The molecule has 120 valence electrons. The third-order valence-corrected chi connectivity index (χ3v) is 3.44. The van der Waals surface area contributed by atoms with Crippen LogP contribution in [0.1, 0.15) is 31.9 Å². The van der Waals surface area contributed by atoms with E-state index in [0.29, 0.717) is 13.0 Å². The Balaban J connectivity index is 2.65. The van der Waals surface area contributed by atoms with Crippen molar-refractivity contribution >= 4 is 0 Å². The minimum Gasteiger partial charge on any atom is -0.313 e. The molecule has 1 unspecified atom stereocenters. The van der Waals surface area contributed by atoms with Crippen LogP contribution in [0.5, 0.6) is 0 Å². The van der Waals surface area contributed by atoms with Crippen LogP contribution in [-0.4, -0.2) is 37.3 Å². The van der Waals surface area contributed by atoms with Crippen molar-refractivity contribution in [1.82, 2.24) is 10.2 Å². The van der Waals surface area contributed by atoms with Gasteiger partial charge >= 0.3 is 6.18 Å². The Hall–Kier alpha value is -1.14. The first kappa shape index (κ1) is 17.9. The number of halogens is 4. The SMILES string of the molecule is CNC(CCN(CC(F)(F)F)C(C)C)c1ccc(F)cc1. The molecule has 1 aromatic rings. The van der Waals surface area contributed by atoms with Crippen LogP contribution in [0.3, 0.4) is 0 Å². The zero-order chi connectivity index (χ0) is 16.0. The number of hydrogen-bond donors (Lipinski definition) is 1. The number of alkyl halides is 3. The van der Waals surface area contributed by atoms with Gasteiger partial charge in [-0.15, -0.1) is 0 Å². The van der Waals surface area contributed by atoms with Gasteiger partial charge < -0.3 is 5.32 Å². The van der Waals surface area contributed by atoms with Crippen molar-refractivity contribution in [2.75, 3.05) is 20.1 Å². The number of nitrogens with zero attached hydrogens (tertiary/aromatic N) is 1. The third-order valence-electron chi connectivity index (χ3n) is 3.44. The minimum absolute atomic E-state index is 0.0971. The molecule has 1 N–H and O–H groups in total. The van der Waals surface area contributed by atoms with Crippen molar-refractivity contribution in [3.8, 4) is 0 Å². The summed E-state index contributed by atoms with van der Waals surface area (Å²) in [6.07, 6.45) is -3.67. The van der Waals surface area contributed by atoms with E-state index in [2.05, 4.69) is 5.32 Å². The minimum atomic E-state index is -4.20. The van der Waals surface area contributed by atoms with E-state index in [1.807, 2.05) is 0 Å². The first-order valence-corrected chi connectivity index (χ1v) is 6.96. The molecular weight excluding hydrogens is 284 g/mol. The van der Waals surface area contributed by atoms with Gasteiger partial charge in [0.1, 0.15) is 5.82 Å². The van der Waals surface area contributed by atoms with E-state index in [4.69, 9.17) is 0 Å². The molecule has 2 nitrogen and oxygen atoms in total. The maximum absolute atomic E-state index is 12.9. The average Bonchev–Trinajstić information content (AvgIpc) is 2.38. The quantitative estimate of drug-likeness (QED) is 0.772. The van der Waals surface area contributed by atoms with Gasteiger partial charge in [0, 0.05) is 18.6 Å². The molecular formula is C15H22F4N2. The highest BCUT2D eigenvalue weighted by Crippen LogP contribution is 2.21. The molecule has 1 rings (SSSR count). The van der Waals surface area contributed by atoms with Gasteiger partial charge in [-0.1, -0.05) is 12.1 Å². The molecule has 0 spiro atoms. The highest BCUT2D eigenvalue weighted by molar-refractivity contribution is 5.19. The second-order valence-corrected chi connectivity index (χ2v) is 5.36. The third kappa shape index (κ3) is 6.44. The summed E-state index contributed by atoms with van der Waals surface area (Å²) in [5, 5.41) is 3.06. The first-order valence-electron chi connectivity index (χ1n) is 6.96. The Morgan fingerprint density at radius 1 is 1.14 bits per heavy atom. The molecule has 0 bridgehead atoms. The Morgan fingerprint density at radius 2 is 1.71 bits per heavy atom. The first-order chi connectivity index (χ1) is 9.73. The van der Waals surface area contributed by atoms with Crippen LogP contribution >= 0.6 is 0 Å². The molecule has 0 fully saturated rings. The number of nitrogens with one attached hydrogen (secondary N) is 1. The summed E-state index contributed by atoms with van der Waals surface area (Å²) in [6, 6.07) is 5.74. The van der Waals surface area contributed by atoms with Crippen LogP contribution < -0.4 is 5.32 Å². The Morgan fingerprint density at radius 3 is 2.14 bits per heavy atom. The van der Waals surface area contributed by atoms with Crippen LogP contribution in [0, 0.1) is 5.82 Å². The molecule has 0 aliphatic rings. The second kappa shape index (κ2) is 7.75. The molecule has 0 aliphatic carbocycles. The highest BCUT2D eigenvalue weighted by Gasteiger charge is 2.31. The summed E-state index contributed by atoms with van der Waals surface area (Å²) in [5.74, 6) is -0.325. The van der Waals surface area contributed by atoms with Gasteiger partial charge in [0.2, 0.25) is 0 Å².